The van der Waals surface area contributed by atoms with Crippen LogP contribution in [0.5, 0.6) is 0 Å². The second-order valence-electron chi connectivity index (χ2n) is 4.09. The number of benzene rings is 1. The molecule has 2 aromatic rings. The van der Waals surface area contributed by atoms with E-state index in [2.05, 4.69) is 27.5 Å². The summed E-state index contributed by atoms with van der Waals surface area (Å²) in [5, 5.41) is 3.86. The maximum atomic E-state index is 12.1. The minimum Gasteiger partial charge on any atom is -0.397 e. The highest BCUT2D eigenvalue weighted by Gasteiger charge is 2.15. The lowest BCUT2D eigenvalue weighted by Crippen LogP contribution is -2.24. The summed E-state index contributed by atoms with van der Waals surface area (Å²) in [6.07, 6.45) is 3.03. The lowest BCUT2D eigenvalue weighted by Gasteiger charge is -2.03. The smallest absolute Gasteiger partial charge is 0.263 e. The summed E-state index contributed by atoms with van der Waals surface area (Å²) in [7, 11) is 0. The average Bonchev–Trinajstić information content (AvgIpc) is 2.72. The third-order valence-electron chi connectivity index (χ3n) is 2.71. The van der Waals surface area contributed by atoms with Crippen molar-refractivity contribution in [2.75, 3.05) is 24.3 Å². The first-order chi connectivity index (χ1) is 9.13. The van der Waals surface area contributed by atoms with Gasteiger partial charge in [-0.3, -0.25) is 4.79 Å². The molecule has 0 radical (unpaired) electrons. The fourth-order valence-electron chi connectivity index (χ4n) is 1.76. The number of carbonyl (C=O) groups is 1. The van der Waals surface area contributed by atoms with E-state index in [1.54, 1.807) is 11.8 Å². The van der Waals surface area contributed by atoms with Crippen molar-refractivity contribution in [1.82, 2.24) is 5.32 Å². The number of nitrogens with one attached hydrogen (secondary N) is 1. The Labute approximate surface area is 129 Å². The van der Waals surface area contributed by atoms with E-state index in [4.69, 9.17) is 5.73 Å². The molecule has 102 valence electrons. The molecule has 1 aromatic carbocycles. The van der Waals surface area contributed by atoms with Crippen LogP contribution in [0.1, 0.15) is 16.1 Å². The molecule has 0 aliphatic rings. The van der Waals surface area contributed by atoms with E-state index >= 15 is 0 Å². The Bertz CT molecular complexity index is 598. The van der Waals surface area contributed by atoms with Crippen LogP contribution in [-0.2, 0) is 0 Å². The van der Waals surface area contributed by atoms with Crippen LogP contribution in [-0.4, -0.2) is 24.5 Å². The normalized spacial score (nSPS) is 10.8. The van der Waals surface area contributed by atoms with E-state index in [0.29, 0.717) is 17.1 Å². The maximum Gasteiger partial charge on any atom is 0.263 e. The Morgan fingerprint density at radius 1 is 1.53 bits per heavy atom. The average molecular weight is 359 g/mol. The Kier molecular flexibility index (Phi) is 5.13. The second-order valence-corrected chi connectivity index (χ2v) is 7.04. The van der Waals surface area contributed by atoms with Crippen LogP contribution < -0.4 is 11.1 Å². The summed E-state index contributed by atoms with van der Waals surface area (Å²) >= 11 is 6.64. The topological polar surface area (TPSA) is 55.1 Å². The standard InChI is InChI=1S/C13H15BrN2OS2/c1-18-6-2-5-16-13(17)12-11(15)9-7-8(14)3-4-10(9)19-12/h3-4,7H,2,5-6,15H2,1H3,(H,16,17). The van der Waals surface area contributed by atoms with Crippen LogP contribution >= 0.6 is 39.0 Å². The summed E-state index contributed by atoms with van der Waals surface area (Å²) < 4.78 is 2.01. The van der Waals surface area contributed by atoms with Gasteiger partial charge in [0.25, 0.3) is 5.91 Å². The van der Waals surface area contributed by atoms with Crippen LogP contribution in [0.15, 0.2) is 22.7 Å². The van der Waals surface area contributed by atoms with Crippen molar-refractivity contribution >= 4 is 60.7 Å². The van der Waals surface area contributed by atoms with E-state index in [9.17, 15) is 4.79 Å². The Morgan fingerprint density at radius 2 is 2.32 bits per heavy atom. The molecule has 0 saturated heterocycles. The summed E-state index contributed by atoms with van der Waals surface area (Å²) in [5.41, 5.74) is 6.64. The van der Waals surface area contributed by atoms with Gasteiger partial charge in [0.15, 0.2) is 0 Å². The quantitative estimate of drug-likeness (QED) is 0.800. The summed E-state index contributed by atoms with van der Waals surface area (Å²) in [5.74, 6) is 0.978. The van der Waals surface area contributed by atoms with Gasteiger partial charge in [-0.15, -0.1) is 11.3 Å². The molecule has 6 heteroatoms. The number of thioether (sulfide) groups is 1. The molecular weight excluding hydrogens is 344 g/mol. The van der Waals surface area contributed by atoms with Gasteiger partial charge >= 0.3 is 0 Å². The largest absolute Gasteiger partial charge is 0.397 e. The molecule has 0 saturated carbocycles. The van der Waals surface area contributed by atoms with Crippen LogP contribution in [0, 0.1) is 0 Å². The highest BCUT2D eigenvalue weighted by molar-refractivity contribution is 9.10. The number of hydrogen-bond acceptors (Lipinski definition) is 4. The molecule has 2 rings (SSSR count). The molecular formula is C13H15BrN2OS2. The Morgan fingerprint density at radius 3 is 3.05 bits per heavy atom. The number of thiophene rings is 1. The number of rotatable bonds is 5. The van der Waals surface area contributed by atoms with Gasteiger partial charge in [0.1, 0.15) is 4.88 Å². The molecule has 0 aliphatic carbocycles. The van der Waals surface area contributed by atoms with E-state index in [1.165, 1.54) is 11.3 Å². The summed E-state index contributed by atoms with van der Waals surface area (Å²) in [6.45, 7) is 0.692. The highest BCUT2D eigenvalue weighted by atomic mass is 79.9. The van der Waals surface area contributed by atoms with Gasteiger partial charge in [-0.1, -0.05) is 15.9 Å². The second kappa shape index (κ2) is 6.63. The number of fused-ring (bicyclic) bond motifs is 1. The number of halogens is 1. The first kappa shape index (κ1) is 14.7. The van der Waals surface area contributed by atoms with Crippen molar-refractivity contribution < 1.29 is 4.79 Å². The maximum absolute atomic E-state index is 12.1. The number of carbonyl (C=O) groups excluding carboxylic acids is 1. The van der Waals surface area contributed by atoms with Gasteiger partial charge in [0.2, 0.25) is 0 Å². The molecule has 0 spiro atoms. The molecule has 3 nitrogen and oxygen atoms in total. The summed E-state index contributed by atoms with van der Waals surface area (Å²) in [4.78, 5) is 12.7. The zero-order valence-corrected chi connectivity index (χ0v) is 13.8. The van der Waals surface area contributed by atoms with Gasteiger partial charge in [-0.2, -0.15) is 11.8 Å². The van der Waals surface area contributed by atoms with Crippen LogP contribution in [0.25, 0.3) is 10.1 Å². The minimum atomic E-state index is -0.0732. The molecule has 1 aromatic heterocycles. The zero-order valence-electron chi connectivity index (χ0n) is 10.5. The first-order valence-electron chi connectivity index (χ1n) is 5.88. The SMILES string of the molecule is CSCCCNC(=O)c1sc2ccc(Br)cc2c1N. The number of hydrogen-bond donors (Lipinski definition) is 2. The van der Waals surface area contributed by atoms with Crippen molar-refractivity contribution in [2.45, 2.75) is 6.42 Å². The fourth-order valence-corrected chi connectivity index (χ4v) is 3.57. The van der Waals surface area contributed by atoms with Gasteiger partial charge in [-0.25, -0.2) is 0 Å². The molecule has 1 heterocycles. The minimum absolute atomic E-state index is 0.0732. The van der Waals surface area contributed by atoms with Gasteiger partial charge in [0.05, 0.1) is 5.69 Å². The molecule has 0 atom stereocenters. The summed E-state index contributed by atoms with van der Waals surface area (Å²) in [6, 6.07) is 5.88. The number of amides is 1. The lowest BCUT2D eigenvalue weighted by atomic mass is 10.2. The van der Waals surface area contributed by atoms with Crippen molar-refractivity contribution in [3.8, 4) is 0 Å². The van der Waals surface area contributed by atoms with Gasteiger partial charge in [0, 0.05) is 21.1 Å². The van der Waals surface area contributed by atoms with E-state index in [-0.39, 0.29) is 5.91 Å². The third-order valence-corrected chi connectivity index (χ3v) is 5.08. The fraction of sp³-hybridized carbons (Fsp3) is 0.308. The van der Waals surface area contributed by atoms with Crippen molar-refractivity contribution in [1.29, 1.82) is 0 Å². The van der Waals surface area contributed by atoms with Crippen molar-refractivity contribution in [2.24, 2.45) is 0 Å². The number of nitrogens with two attached hydrogens (primary N) is 1. The predicted octanol–water partition coefficient (Wildman–Crippen LogP) is 3.73. The van der Waals surface area contributed by atoms with Crippen LogP contribution in [0.2, 0.25) is 0 Å². The van der Waals surface area contributed by atoms with Crippen LogP contribution in [0.3, 0.4) is 0 Å². The lowest BCUT2D eigenvalue weighted by molar-refractivity contribution is 0.0958. The monoisotopic (exact) mass is 358 g/mol. The molecule has 0 aliphatic heterocycles. The molecule has 19 heavy (non-hydrogen) atoms. The molecule has 3 N–H and O–H groups in total. The van der Waals surface area contributed by atoms with E-state index < -0.39 is 0 Å². The number of anilines is 1. The Hall–Kier alpha value is -0.720. The molecule has 0 unspecified atom stereocenters. The Balaban J connectivity index is 2.16. The van der Waals surface area contributed by atoms with Gasteiger partial charge < -0.3 is 11.1 Å². The predicted molar refractivity (Wildman–Crippen MR) is 89.3 cm³/mol. The molecule has 0 fully saturated rings. The van der Waals surface area contributed by atoms with Crippen molar-refractivity contribution in [3.63, 3.8) is 0 Å². The number of nitrogen functional groups attached to an aromatic ring is 1. The zero-order chi connectivity index (χ0) is 13.8. The molecule has 1 amide bonds. The van der Waals surface area contributed by atoms with Crippen molar-refractivity contribution in [3.05, 3.63) is 27.5 Å². The van der Waals surface area contributed by atoms with E-state index in [0.717, 1.165) is 26.7 Å². The highest BCUT2D eigenvalue weighted by Crippen LogP contribution is 2.35. The molecule has 0 bridgehead atoms. The van der Waals surface area contributed by atoms with E-state index in [1.807, 2.05) is 18.2 Å². The van der Waals surface area contributed by atoms with Crippen LogP contribution in [0.4, 0.5) is 5.69 Å². The van der Waals surface area contributed by atoms with Gasteiger partial charge in [-0.05, 0) is 36.6 Å². The third kappa shape index (κ3) is 3.43. The first-order valence-corrected chi connectivity index (χ1v) is 8.88.